The minimum absolute atomic E-state index is 0.847. The molecule has 3 nitrogen and oxygen atoms in total. The number of hydrogen-bond donors (Lipinski definition) is 0. The lowest BCUT2D eigenvalue weighted by Crippen LogP contribution is -1.95. The molecule has 0 bridgehead atoms. The molecule has 3 heteroatoms. The normalized spacial score (nSPS) is 11.8. The van der Waals surface area contributed by atoms with Gasteiger partial charge in [-0.25, -0.2) is 0 Å². The Hall–Kier alpha value is -7.10. The summed E-state index contributed by atoms with van der Waals surface area (Å²) in [4.78, 5) is 0. The number of fused-ring (bicyclic) bond motifs is 8. The molecule has 0 spiro atoms. The highest BCUT2D eigenvalue weighted by Gasteiger charge is 2.22. The Bertz CT molecular complexity index is 3030. The number of para-hydroxylation sites is 4. The SMILES string of the molecule is c1ccc(-c2cc(-c3ccccc3)cc(-n3c4ccccc4c4c5cccc(-c6ccc(-n7c8ccccc8c8ccccc87)cc6)c5oc43)c2)cc1. The summed E-state index contributed by atoms with van der Waals surface area (Å²) in [6.07, 6.45) is 0. The fourth-order valence-electron chi connectivity index (χ4n) is 8.32. The molecule has 8 aromatic carbocycles. The molecular weight excluding hydrogens is 645 g/mol. The van der Waals surface area contributed by atoms with Crippen molar-refractivity contribution in [3.8, 4) is 44.8 Å². The molecule has 0 aliphatic carbocycles. The van der Waals surface area contributed by atoms with Crippen LogP contribution in [0.4, 0.5) is 0 Å². The van der Waals surface area contributed by atoms with E-state index in [-0.39, 0.29) is 0 Å². The van der Waals surface area contributed by atoms with Crippen LogP contribution < -0.4 is 0 Å². The van der Waals surface area contributed by atoms with Gasteiger partial charge in [-0.3, -0.25) is 4.57 Å². The van der Waals surface area contributed by atoms with Crippen molar-refractivity contribution < 1.29 is 4.42 Å². The van der Waals surface area contributed by atoms with Crippen molar-refractivity contribution in [1.82, 2.24) is 9.13 Å². The Labute approximate surface area is 306 Å². The van der Waals surface area contributed by atoms with Crippen LogP contribution in [0.25, 0.3) is 99.5 Å². The molecule has 0 aliphatic rings. The van der Waals surface area contributed by atoms with E-state index in [1.165, 1.54) is 38.3 Å². The number of benzene rings is 8. The number of rotatable bonds is 5. The van der Waals surface area contributed by atoms with Gasteiger partial charge in [0.2, 0.25) is 5.71 Å². The van der Waals surface area contributed by atoms with Gasteiger partial charge in [-0.2, -0.15) is 0 Å². The molecule has 11 aromatic rings. The lowest BCUT2D eigenvalue weighted by atomic mass is 9.98. The topological polar surface area (TPSA) is 23.0 Å². The molecule has 0 amide bonds. The van der Waals surface area contributed by atoms with E-state index in [0.29, 0.717) is 0 Å². The van der Waals surface area contributed by atoms with E-state index in [9.17, 15) is 0 Å². The van der Waals surface area contributed by atoms with E-state index in [2.05, 4.69) is 203 Å². The van der Waals surface area contributed by atoms with Crippen LogP contribution in [0.5, 0.6) is 0 Å². The molecular formula is C50H32N2O. The van der Waals surface area contributed by atoms with Gasteiger partial charge in [0.25, 0.3) is 0 Å². The van der Waals surface area contributed by atoms with Crippen molar-refractivity contribution in [3.05, 3.63) is 194 Å². The lowest BCUT2D eigenvalue weighted by molar-refractivity contribution is 0.646. The summed E-state index contributed by atoms with van der Waals surface area (Å²) in [5, 5.41) is 5.94. The van der Waals surface area contributed by atoms with Gasteiger partial charge in [0.05, 0.1) is 27.6 Å². The van der Waals surface area contributed by atoms with Crippen molar-refractivity contribution in [3.63, 3.8) is 0 Å². The molecule has 0 N–H and O–H groups in total. The number of nitrogens with zero attached hydrogens (tertiary/aromatic N) is 2. The van der Waals surface area contributed by atoms with Crippen molar-refractivity contribution in [2.24, 2.45) is 0 Å². The van der Waals surface area contributed by atoms with Crippen LogP contribution >= 0.6 is 0 Å². The summed E-state index contributed by atoms with van der Waals surface area (Å²) in [6.45, 7) is 0. The van der Waals surface area contributed by atoms with Gasteiger partial charge in [0, 0.05) is 32.8 Å². The third-order valence-corrected chi connectivity index (χ3v) is 10.7. The second-order valence-corrected chi connectivity index (χ2v) is 13.7. The van der Waals surface area contributed by atoms with Crippen LogP contribution in [0.1, 0.15) is 0 Å². The van der Waals surface area contributed by atoms with Crippen LogP contribution in [0, 0.1) is 0 Å². The number of aromatic nitrogens is 2. The average Bonchev–Trinajstić information content (AvgIpc) is 3.88. The maximum atomic E-state index is 7.08. The maximum absolute atomic E-state index is 7.08. The minimum atomic E-state index is 0.847. The highest BCUT2D eigenvalue weighted by atomic mass is 16.3. The summed E-state index contributed by atoms with van der Waals surface area (Å²) in [7, 11) is 0. The van der Waals surface area contributed by atoms with Crippen molar-refractivity contribution >= 4 is 54.8 Å². The van der Waals surface area contributed by atoms with Gasteiger partial charge in [-0.1, -0.05) is 146 Å². The monoisotopic (exact) mass is 676 g/mol. The third kappa shape index (κ3) is 4.61. The fourth-order valence-corrected chi connectivity index (χ4v) is 8.32. The van der Waals surface area contributed by atoms with Gasteiger partial charge in [0.15, 0.2) is 0 Å². The van der Waals surface area contributed by atoms with Gasteiger partial charge in [0.1, 0.15) is 5.58 Å². The zero-order valence-corrected chi connectivity index (χ0v) is 28.8. The smallest absolute Gasteiger partial charge is 0.213 e. The van der Waals surface area contributed by atoms with Crippen LogP contribution in [-0.2, 0) is 0 Å². The minimum Gasteiger partial charge on any atom is -0.438 e. The van der Waals surface area contributed by atoms with Crippen molar-refractivity contribution in [2.45, 2.75) is 0 Å². The molecule has 11 rings (SSSR count). The van der Waals surface area contributed by atoms with Crippen LogP contribution in [-0.4, -0.2) is 9.13 Å². The zero-order chi connectivity index (χ0) is 34.9. The Morgan fingerprint density at radius 3 is 1.43 bits per heavy atom. The van der Waals surface area contributed by atoms with Gasteiger partial charge in [-0.15, -0.1) is 0 Å². The zero-order valence-electron chi connectivity index (χ0n) is 28.8. The third-order valence-electron chi connectivity index (χ3n) is 10.7. The highest BCUT2D eigenvalue weighted by molar-refractivity contribution is 6.21. The Kier molecular flexibility index (Phi) is 6.55. The first-order valence-corrected chi connectivity index (χ1v) is 18.1. The second kappa shape index (κ2) is 11.7. The fraction of sp³-hybridized carbons (Fsp3) is 0. The van der Waals surface area contributed by atoms with Crippen molar-refractivity contribution in [2.75, 3.05) is 0 Å². The van der Waals surface area contributed by atoms with E-state index < -0.39 is 0 Å². The Balaban J connectivity index is 1.11. The predicted molar refractivity (Wildman–Crippen MR) is 221 cm³/mol. The van der Waals surface area contributed by atoms with E-state index in [4.69, 9.17) is 4.42 Å². The van der Waals surface area contributed by atoms with Gasteiger partial charge < -0.3 is 8.98 Å². The van der Waals surface area contributed by atoms with Crippen LogP contribution in [0.2, 0.25) is 0 Å². The quantitative estimate of drug-likeness (QED) is 0.178. The Morgan fingerprint density at radius 1 is 0.321 bits per heavy atom. The summed E-state index contributed by atoms with van der Waals surface area (Å²) in [6, 6.07) is 69.5. The highest BCUT2D eigenvalue weighted by Crippen LogP contribution is 2.43. The molecule has 0 aliphatic heterocycles. The summed E-state index contributed by atoms with van der Waals surface area (Å²) < 4.78 is 11.7. The standard InChI is InChI=1S/C50H32N2O/c1-3-14-33(15-4-1)36-30-37(34-16-5-2-6-17-34)32-39(31-36)52-47-25-12-9-20-43(47)48-44-22-13-21-40(49(44)53-50(48)52)35-26-28-38(29-27-35)51-45-23-10-7-18-41(45)42-19-8-11-24-46(42)51/h1-32H. The number of hydrogen-bond acceptors (Lipinski definition) is 1. The molecule has 3 aromatic heterocycles. The largest absolute Gasteiger partial charge is 0.438 e. The molecule has 0 fully saturated rings. The molecule has 248 valence electrons. The lowest BCUT2D eigenvalue weighted by Gasteiger charge is -2.13. The molecule has 0 radical (unpaired) electrons. The van der Waals surface area contributed by atoms with Gasteiger partial charge in [-0.05, 0) is 76.3 Å². The molecule has 3 heterocycles. The summed E-state index contributed by atoms with van der Waals surface area (Å²) in [5.74, 6) is 0. The van der Waals surface area contributed by atoms with E-state index in [1.54, 1.807) is 0 Å². The molecule has 0 saturated heterocycles. The van der Waals surface area contributed by atoms with E-state index >= 15 is 0 Å². The van der Waals surface area contributed by atoms with E-state index in [1.807, 2.05) is 0 Å². The first-order chi connectivity index (χ1) is 26.3. The van der Waals surface area contributed by atoms with Crippen LogP contribution in [0.15, 0.2) is 199 Å². The van der Waals surface area contributed by atoms with Gasteiger partial charge >= 0.3 is 0 Å². The second-order valence-electron chi connectivity index (χ2n) is 13.7. The van der Waals surface area contributed by atoms with Crippen molar-refractivity contribution in [1.29, 1.82) is 0 Å². The molecule has 0 saturated carbocycles. The summed E-state index contributed by atoms with van der Waals surface area (Å²) in [5.41, 5.74) is 14.3. The Morgan fingerprint density at radius 2 is 0.830 bits per heavy atom. The maximum Gasteiger partial charge on any atom is 0.213 e. The molecule has 0 atom stereocenters. The first-order valence-electron chi connectivity index (χ1n) is 18.1. The predicted octanol–water partition coefficient (Wildman–Crippen LogP) is 13.6. The first kappa shape index (κ1) is 29.6. The average molecular weight is 677 g/mol. The van der Waals surface area contributed by atoms with E-state index in [0.717, 1.165) is 61.2 Å². The van der Waals surface area contributed by atoms with Crippen LogP contribution in [0.3, 0.4) is 0 Å². The number of furan rings is 1. The molecule has 53 heavy (non-hydrogen) atoms. The summed E-state index contributed by atoms with van der Waals surface area (Å²) >= 11 is 0. The molecule has 0 unspecified atom stereocenters.